The van der Waals surface area contributed by atoms with Gasteiger partial charge in [0, 0.05) is 5.92 Å². The highest BCUT2D eigenvalue weighted by Crippen LogP contribution is 2.50. The third-order valence-corrected chi connectivity index (χ3v) is 5.20. The molecule has 0 amide bonds. The van der Waals surface area contributed by atoms with Gasteiger partial charge in [-0.1, -0.05) is 67.5 Å². The fourth-order valence-electron chi connectivity index (χ4n) is 4.28. The maximum Gasteiger partial charge on any atom is 0.00297 e. The second-order valence-corrected chi connectivity index (χ2v) is 6.27. The Bertz CT molecular complexity index is 580. The zero-order chi connectivity index (χ0) is 12.7. The first-order chi connectivity index (χ1) is 9.37. The highest BCUT2D eigenvalue weighted by Gasteiger charge is 2.40. The Balaban J connectivity index is 1.90. The van der Waals surface area contributed by atoms with Crippen molar-refractivity contribution >= 4 is 6.08 Å². The van der Waals surface area contributed by atoms with Gasteiger partial charge in [-0.25, -0.2) is 0 Å². The maximum atomic E-state index is 2.42. The number of rotatable bonds is 0. The molecule has 96 valence electrons. The van der Waals surface area contributed by atoms with Crippen molar-refractivity contribution < 1.29 is 0 Å². The van der Waals surface area contributed by atoms with Gasteiger partial charge in [0.2, 0.25) is 0 Å². The molecule has 1 fully saturated rings. The average Bonchev–Trinajstić information content (AvgIpc) is 2.85. The minimum Gasteiger partial charge on any atom is -0.0770 e. The largest absolute Gasteiger partial charge is 0.0770 e. The normalized spacial score (nSPS) is 26.7. The lowest BCUT2D eigenvalue weighted by Crippen LogP contribution is -2.25. The van der Waals surface area contributed by atoms with E-state index in [2.05, 4.69) is 54.6 Å². The van der Waals surface area contributed by atoms with Gasteiger partial charge < -0.3 is 0 Å². The van der Waals surface area contributed by atoms with E-state index in [1.54, 1.807) is 5.56 Å². The van der Waals surface area contributed by atoms with Crippen LogP contribution in [-0.2, 0) is 5.41 Å². The third-order valence-electron chi connectivity index (χ3n) is 5.20. The molecule has 0 heteroatoms. The molecular formula is C19H20. The summed E-state index contributed by atoms with van der Waals surface area (Å²) < 4.78 is 0. The van der Waals surface area contributed by atoms with Crippen LogP contribution in [0.4, 0.5) is 0 Å². The van der Waals surface area contributed by atoms with Crippen molar-refractivity contribution in [2.75, 3.05) is 0 Å². The van der Waals surface area contributed by atoms with Crippen LogP contribution in [0.2, 0.25) is 0 Å². The molecule has 0 radical (unpaired) electrons. The lowest BCUT2D eigenvalue weighted by molar-refractivity contribution is 0.376. The second kappa shape index (κ2) is 4.23. The monoisotopic (exact) mass is 248 g/mol. The molecule has 1 saturated carbocycles. The molecule has 4 rings (SSSR count). The van der Waals surface area contributed by atoms with Crippen LogP contribution in [0.15, 0.2) is 54.1 Å². The lowest BCUT2D eigenvalue weighted by Gasteiger charge is -2.32. The van der Waals surface area contributed by atoms with Gasteiger partial charge in [0.05, 0.1) is 0 Å². The quantitative estimate of drug-likeness (QED) is 0.604. The molecule has 1 unspecified atom stereocenters. The summed E-state index contributed by atoms with van der Waals surface area (Å²) in [5.41, 5.74) is 5.01. The molecule has 0 aliphatic heterocycles. The van der Waals surface area contributed by atoms with Crippen LogP contribution in [0, 0.1) is 5.92 Å². The molecule has 19 heavy (non-hydrogen) atoms. The molecule has 3 aliphatic carbocycles. The molecule has 0 aromatic heterocycles. The number of allylic oxidation sites excluding steroid dienone is 5. The maximum absolute atomic E-state index is 2.42. The molecule has 0 saturated heterocycles. The second-order valence-electron chi connectivity index (χ2n) is 6.27. The summed E-state index contributed by atoms with van der Waals surface area (Å²) >= 11 is 0. The molecule has 0 nitrogen and oxygen atoms in total. The summed E-state index contributed by atoms with van der Waals surface area (Å²) in [6.07, 6.45) is 18.4. The van der Waals surface area contributed by atoms with E-state index in [4.69, 9.17) is 0 Å². The Labute approximate surface area is 115 Å². The van der Waals surface area contributed by atoms with Crippen molar-refractivity contribution in [2.24, 2.45) is 5.92 Å². The van der Waals surface area contributed by atoms with Crippen LogP contribution in [0.3, 0.4) is 0 Å². The predicted molar refractivity (Wildman–Crippen MR) is 81.0 cm³/mol. The van der Waals surface area contributed by atoms with Gasteiger partial charge in [-0.2, -0.15) is 0 Å². The molecule has 0 heterocycles. The standard InChI is InChI=1S/C19H20/c1-2-9-17-14-19(11-5-6-12-19)18-10-4-3-8-16(18)13-15(17)7-1/h1-4,7-10,13,17H,5-6,11-12,14H2. The fourth-order valence-corrected chi connectivity index (χ4v) is 4.28. The summed E-state index contributed by atoms with van der Waals surface area (Å²) in [7, 11) is 0. The average molecular weight is 248 g/mol. The van der Waals surface area contributed by atoms with E-state index in [1.165, 1.54) is 43.2 Å². The molecule has 1 atom stereocenters. The van der Waals surface area contributed by atoms with Crippen LogP contribution in [-0.4, -0.2) is 0 Å². The Morgan fingerprint density at radius 2 is 1.84 bits per heavy atom. The van der Waals surface area contributed by atoms with Crippen LogP contribution >= 0.6 is 0 Å². The zero-order valence-corrected chi connectivity index (χ0v) is 11.3. The van der Waals surface area contributed by atoms with Gasteiger partial charge in [-0.3, -0.25) is 0 Å². The van der Waals surface area contributed by atoms with Crippen molar-refractivity contribution in [1.29, 1.82) is 0 Å². The summed E-state index contributed by atoms with van der Waals surface area (Å²) in [4.78, 5) is 0. The van der Waals surface area contributed by atoms with Gasteiger partial charge in [0.25, 0.3) is 0 Å². The molecule has 1 aromatic carbocycles. The van der Waals surface area contributed by atoms with E-state index in [0.29, 0.717) is 11.3 Å². The van der Waals surface area contributed by atoms with Crippen molar-refractivity contribution in [3.8, 4) is 0 Å². The van der Waals surface area contributed by atoms with Gasteiger partial charge in [0.1, 0.15) is 0 Å². The molecule has 0 bridgehead atoms. The van der Waals surface area contributed by atoms with Crippen LogP contribution in [0.5, 0.6) is 0 Å². The topological polar surface area (TPSA) is 0 Å². The van der Waals surface area contributed by atoms with E-state index in [1.807, 2.05) is 0 Å². The van der Waals surface area contributed by atoms with Gasteiger partial charge in [-0.05, 0) is 41.4 Å². The zero-order valence-electron chi connectivity index (χ0n) is 11.3. The van der Waals surface area contributed by atoms with E-state index in [0.717, 1.165) is 0 Å². The fraction of sp³-hybridized carbons (Fsp3) is 0.368. The first kappa shape index (κ1) is 11.3. The van der Waals surface area contributed by atoms with E-state index < -0.39 is 0 Å². The first-order valence-electron chi connectivity index (χ1n) is 7.53. The molecular weight excluding hydrogens is 228 g/mol. The van der Waals surface area contributed by atoms with Crippen LogP contribution < -0.4 is 0 Å². The number of hydrogen-bond donors (Lipinski definition) is 0. The Morgan fingerprint density at radius 3 is 2.74 bits per heavy atom. The lowest BCUT2D eigenvalue weighted by atomic mass is 9.71. The van der Waals surface area contributed by atoms with Gasteiger partial charge in [-0.15, -0.1) is 0 Å². The third kappa shape index (κ3) is 1.74. The minimum atomic E-state index is 0.440. The van der Waals surface area contributed by atoms with E-state index in [9.17, 15) is 0 Å². The number of hydrogen-bond acceptors (Lipinski definition) is 0. The summed E-state index contributed by atoms with van der Waals surface area (Å²) in [6, 6.07) is 9.08. The van der Waals surface area contributed by atoms with Crippen molar-refractivity contribution in [2.45, 2.75) is 37.5 Å². The number of benzene rings is 1. The van der Waals surface area contributed by atoms with Crippen LogP contribution in [0.1, 0.15) is 43.2 Å². The minimum absolute atomic E-state index is 0.440. The number of fused-ring (bicyclic) bond motifs is 3. The highest BCUT2D eigenvalue weighted by atomic mass is 14.4. The molecule has 0 N–H and O–H groups in total. The molecule has 1 spiro atoms. The Hall–Kier alpha value is -1.56. The van der Waals surface area contributed by atoms with Crippen LogP contribution in [0.25, 0.3) is 6.08 Å². The van der Waals surface area contributed by atoms with Crippen molar-refractivity contribution in [1.82, 2.24) is 0 Å². The van der Waals surface area contributed by atoms with Gasteiger partial charge >= 0.3 is 0 Å². The Kier molecular flexibility index (Phi) is 2.51. The smallest absolute Gasteiger partial charge is 0.00297 e. The molecule has 1 aromatic rings. The van der Waals surface area contributed by atoms with Crippen molar-refractivity contribution in [3.05, 3.63) is 65.3 Å². The van der Waals surface area contributed by atoms with E-state index in [-0.39, 0.29) is 0 Å². The van der Waals surface area contributed by atoms with Gasteiger partial charge in [0.15, 0.2) is 0 Å². The van der Waals surface area contributed by atoms with E-state index >= 15 is 0 Å². The van der Waals surface area contributed by atoms with Crippen molar-refractivity contribution in [3.63, 3.8) is 0 Å². The predicted octanol–water partition coefficient (Wildman–Crippen LogP) is 5.03. The first-order valence-corrected chi connectivity index (χ1v) is 7.53. The summed E-state index contributed by atoms with van der Waals surface area (Å²) in [5, 5.41) is 0. The molecule has 3 aliphatic rings. The Morgan fingerprint density at radius 1 is 1.00 bits per heavy atom. The highest BCUT2D eigenvalue weighted by molar-refractivity contribution is 5.64. The summed E-state index contributed by atoms with van der Waals surface area (Å²) in [6.45, 7) is 0. The SMILES string of the molecule is C1=CC2=Cc3ccccc3C3(CCCC3)CC2C=C1. The summed E-state index contributed by atoms with van der Waals surface area (Å²) in [5.74, 6) is 0.621.